The van der Waals surface area contributed by atoms with Crippen LogP contribution in [-0.2, 0) is 0 Å². The third kappa shape index (κ3) is 1.38. The van der Waals surface area contributed by atoms with Gasteiger partial charge in [0.2, 0.25) is 0 Å². The van der Waals surface area contributed by atoms with Crippen molar-refractivity contribution in [2.75, 3.05) is 0 Å². The standard InChI is InChI=1S/C12H9N3/c1-2-9-6-11-12(15-8-14-11)7-10(9)3-5-13-4-1/h1-8H,(H,14,15)/b2-1-,4-1?,5-3-,9-2?,10-3?,13-4-,13-5?. The van der Waals surface area contributed by atoms with E-state index in [1.165, 1.54) is 5.56 Å². The van der Waals surface area contributed by atoms with E-state index in [0.29, 0.717) is 0 Å². The Morgan fingerprint density at radius 3 is 3.00 bits per heavy atom. The van der Waals surface area contributed by atoms with E-state index in [1.54, 1.807) is 18.7 Å². The van der Waals surface area contributed by atoms with Gasteiger partial charge in [0.05, 0.1) is 17.4 Å². The molecule has 1 aliphatic rings. The molecule has 1 aromatic carbocycles. The van der Waals surface area contributed by atoms with Gasteiger partial charge in [-0.25, -0.2) is 4.98 Å². The van der Waals surface area contributed by atoms with Crippen LogP contribution in [0.2, 0.25) is 0 Å². The summed E-state index contributed by atoms with van der Waals surface area (Å²) in [5.41, 5.74) is 4.36. The SMILES string of the molecule is C1=C/c2cc3[nH]cnc3cc2\C=C/N=C\1. The summed E-state index contributed by atoms with van der Waals surface area (Å²) >= 11 is 0. The average Bonchev–Trinajstić information content (AvgIpc) is 2.64. The lowest BCUT2D eigenvalue weighted by atomic mass is 10.1. The van der Waals surface area contributed by atoms with Crippen molar-refractivity contribution in [3.05, 3.63) is 41.9 Å². The van der Waals surface area contributed by atoms with E-state index in [-0.39, 0.29) is 0 Å². The molecular weight excluding hydrogens is 186 g/mol. The number of hydrogen-bond acceptors (Lipinski definition) is 2. The smallest absolute Gasteiger partial charge is 0.0931 e. The van der Waals surface area contributed by atoms with Crippen molar-refractivity contribution in [3.63, 3.8) is 0 Å². The van der Waals surface area contributed by atoms with Crippen LogP contribution in [0.3, 0.4) is 0 Å². The second-order valence-electron chi connectivity index (χ2n) is 3.37. The highest BCUT2D eigenvalue weighted by Gasteiger charge is 2.02. The number of nitrogens with one attached hydrogen (secondary N) is 1. The molecule has 0 amide bonds. The number of benzene rings is 1. The molecule has 0 aliphatic carbocycles. The first-order valence-electron chi connectivity index (χ1n) is 4.77. The van der Waals surface area contributed by atoms with Crippen molar-refractivity contribution in [2.24, 2.45) is 4.99 Å². The number of hydrogen-bond donors (Lipinski definition) is 1. The highest BCUT2D eigenvalue weighted by molar-refractivity contribution is 5.87. The van der Waals surface area contributed by atoms with Crippen LogP contribution in [0.1, 0.15) is 11.1 Å². The number of aliphatic imine (C=N–C) groups is 1. The molecule has 3 rings (SSSR count). The Balaban J connectivity index is 2.31. The zero-order valence-electron chi connectivity index (χ0n) is 8.01. The summed E-state index contributed by atoms with van der Waals surface area (Å²) < 4.78 is 0. The molecule has 0 saturated carbocycles. The van der Waals surface area contributed by atoms with E-state index in [0.717, 1.165) is 16.6 Å². The van der Waals surface area contributed by atoms with Crippen molar-refractivity contribution in [1.82, 2.24) is 9.97 Å². The fraction of sp³-hybridized carbons (Fsp3) is 0. The van der Waals surface area contributed by atoms with Crippen LogP contribution < -0.4 is 0 Å². The van der Waals surface area contributed by atoms with Crippen molar-refractivity contribution < 1.29 is 0 Å². The molecule has 3 heteroatoms. The Kier molecular flexibility index (Phi) is 1.75. The number of imidazole rings is 1. The number of allylic oxidation sites excluding steroid dienone is 1. The summed E-state index contributed by atoms with van der Waals surface area (Å²) in [4.78, 5) is 11.4. The van der Waals surface area contributed by atoms with Crippen molar-refractivity contribution in [3.8, 4) is 0 Å². The van der Waals surface area contributed by atoms with E-state index >= 15 is 0 Å². The quantitative estimate of drug-likeness (QED) is 0.689. The maximum atomic E-state index is 4.23. The van der Waals surface area contributed by atoms with E-state index in [9.17, 15) is 0 Å². The predicted octanol–water partition coefficient (Wildman–Crippen LogP) is 2.63. The maximum Gasteiger partial charge on any atom is 0.0931 e. The molecule has 0 unspecified atom stereocenters. The van der Waals surface area contributed by atoms with Gasteiger partial charge in [-0.1, -0.05) is 6.08 Å². The highest BCUT2D eigenvalue weighted by Crippen LogP contribution is 2.20. The molecule has 0 saturated heterocycles. The minimum atomic E-state index is 0.983. The Bertz CT molecular complexity index is 538. The zero-order chi connectivity index (χ0) is 10.1. The summed E-state index contributed by atoms with van der Waals surface area (Å²) in [5, 5.41) is 0. The molecular formula is C12H9N3. The molecule has 2 aromatic rings. The fourth-order valence-electron chi connectivity index (χ4n) is 1.67. The van der Waals surface area contributed by atoms with Gasteiger partial charge in [0.25, 0.3) is 0 Å². The maximum absolute atomic E-state index is 4.23. The van der Waals surface area contributed by atoms with Crippen LogP contribution in [0.25, 0.3) is 23.2 Å². The minimum Gasteiger partial charge on any atom is -0.345 e. The Labute approximate surface area is 86.9 Å². The second kappa shape index (κ2) is 3.20. The summed E-state index contributed by atoms with van der Waals surface area (Å²) in [6, 6.07) is 4.15. The van der Waals surface area contributed by atoms with Gasteiger partial charge in [0, 0.05) is 12.4 Å². The van der Waals surface area contributed by atoms with E-state index in [2.05, 4.69) is 27.1 Å². The van der Waals surface area contributed by atoms with Crippen LogP contribution in [0.4, 0.5) is 0 Å². The van der Waals surface area contributed by atoms with Gasteiger partial charge < -0.3 is 4.98 Å². The molecule has 0 spiro atoms. The number of rotatable bonds is 0. The highest BCUT2D eigenvalue weighted by atomic mass is 14.9. The predicted molar refractivity (Wildman–Crippen MR) is 62.7 cm³/mol. The largest absolute Gasteiger partial charge is 0.345 e. The molecule has 72 valence electrons. The first-order chi connectivity index (χ1) is 7.43. The molecule has 0 radical (unpaired) electrons. The third-order valence-electron chi connectivity index (χ3n) is 2.41. The second-order valence-corrected chi connectivity index (χ2v) is 3.37. The fourth-order valence-corrected chi connectivity index (χ4v) is 1.67. The molecule has 2 heterocycles. The van der Waals surface area contributed by atoms with Crippen molar-refractivity contribution in [2.45, 2.75) is 0 Å². The van der Waals surface area contributed by atoms with Crippen molar-refractivity contribution in [1.29, 1.82) is 0 Å². The average molecular weight is 195 g/mol. The summed E-state index contributed by atoms with van der Waals surface area (Å²) in [6.45, 7) is 0. The van der Waals surface area contributed by atoms with Gasteiger partial charge >= 0.3 is 0 Å². The minimum absolute atomic E-state index is 0.983. The molecule has 15 heavy (non-hydrogen) atoms. The third-order valence-corrected chi connectivity index (χ3v) is 2.41. The monoisotopic (exact) mass is 195 g/mol. The molecule has 0 fully saturated rings. The lowest BCUT2D eigenvalue weighted by molar-refractivity contribution is 1.34. The van der Waals surface area contributed by atoms with Crippen LogP contribution in [0, 0.1) is 0 Å². The van der Waals surface area contributed by atoms with Crippen molar-refractivity contribution >= 4 is 29.4 Å². The van der Waals surface area contributed by atoms with E-state index in [1.807, 2.05) is 18.2 Å². The van der Waals surface area contributed by atoms with E-state index in [4.69, 9.17) is 0 Å². The van der Waals surface area contributed by atoms with Gasteiger partial charge in [-0.2, -0.15) is 0 Å². The molecule has 0 bridgehead atoms. The Morgan fingerprint density at radius 2 is 2.00 bits per heavy atom. The van der Waals surface area contributed by atoms with E-state index < -0.39 is 0 Å². The van der Waals surface area contributed by atoms with Crippen LogP contribution in [-0.4, -0.2) is 16.2 Å². The number of nitrogens with zero attached hydrogens (tertiary/aromatic N) is 2. The Morgan fingerprint density at radius 1 is 1.07 bits per heavy atom. The topological polar surface area (TPSA) is 41.0 Å². The number of aromatic amines is 1. The molecule has 1 aliphatic heterocycles. The lowest BCUT2D eigenvalue weighted by Crippen LogP contribution is -1.84. The van der Waals surface area contributed by atoms with Crippen LogP contribution in [0.15, 0.2) is 35.7 Å². The van der Waals surface area contributed by atoms with Gasteiger partial charge in [0.1, 0.15) is 0 Å². The molecule has 3 nitrogen and oxygen atoms in total. The normalized spacial score (nSPS) is 20.3. The van der Waals surface area contributed by atoms with Gasteiger partial charge in [-0.3, -0.25) is 4.99 Å². The number of fused-ring (bicyclic) bond motifs is 2. The summed E-state index contributed by atoms with van der Waals surface area (Å²) in [5.74, 6) is 0. The summed E-state index contributed by atoms with van der Waals surface area (Å²) in [7, 11) is 0. The van der Waals surface area contributed by atoms with Gasteiger partial charge in [-0.05, 0) is 35.4 Å². The summed E-state index contributed by atoms with van der Waals surface area (Å²) in [6.07, 6.45) is 11.2. The first kappa shape index (κ1) is 8.17. The van der Waals surface area contributed by atoms with Gasteiger partial charge in [-0.15, -0.1) is 0 Å². The van der Waals surface area contributed by atoms with Gasteiger partial charge in [0.15, 0.2) is 0 Å². The zero-order valence-corrected chi connectivity index (χ0v) is 8.01. The molecule has 1 N–H and O–H groups in total. The van der Waals surface area contributed by atoms with Crippen LogP contribution in [0.5, 0.6) is 0 Å². The van der Waals surface area contributed by atoms with Crippen LogP contribution >= 0.6 is 0 Å². The Hall–Kier alpha value is -2.16. The number of aromatic nitrogens is 2. The molecule has 1 aromatic heterocycles. The lowest BCUT2D eigenvalue weighted by Gasteiger charge is -2.02. The first-order valence-corrected chi connectivity index (χ1v) is 4.77. The number of H-pyrrole nitrogens is 1. The molecule has 0 atom stereocenters.